The molecule has 2 N–H and O–H groups in total. The average molecular weight is 263 g/mol. The van der Waals surface area contributed by atoms with Crippen LogP contribution in [-0.4, -0.2) is 19.5 Å². The lowest BCUT2D eigenvalue weighted by Gasteiger charge is -2.14. The zero-order valence-corrected chi connectivity index (χ0v) is 10.9. The van der Waals surface area contributed by atoms with Gasteiger partial charge in [-0.1, -0.05) is 23.7 Å². The van der Waals surface area contributed by atoms with Crippen molar-refractivity contribution in [2.24, 2.45) is 0 Å². The summed E-state index contributed by atoms with van der Waals surface area (Å²) >= 11 is 5.86. The molecule has 0 spiro atoms. The molecule has 0 bridgehead atoms. The second kappa shape index (κ2) is 7.49. The minimum absolute atomic E-state index is 0. The summed E-state index contributed by atoms with van der Waals surface area (Å²) in [6.45, 7) is 2.25. The third kappa shape index (κ3) is 4.84. The van der Waals surface area contributed by atoms with Gasteiger partial charge >= 0.3 is 0 Å². The number of benzene rings is 1. The Hall–Kier alpha value is -0.770. The number of amides is 1. The summed E-state index contributed by atoms with van der Waals surface area (Å²) in [7, 11) is 1.74. The third-order valence-electron chi connectivity index (χ3n) is 2.06. The topological polar surface area (TPSA) is 41.1 Å². The first-order valence-corrected chi connectivity index (χ1v) is 5.20. The van der Waals surface area contributed by atoms with Gasteiger partial charge in [-0.15, -0.1) is 12.4 Å². The molecule has 1 aromatic carbocycles. The Morgan fingerprint density at radius 2 is 2.19 bits per heavy atom. The summed E-state index contributed by atoms with van der Waals surface area (Å²) < 4.78 is 0. The van der Waals surface area contributed by atoms with Gasteiger partial charge in [-0.05, 0) is 31.7 Å². The van der Waals surface area contributed by atoms with Gasteiger partial charge < -0.3 is 10.6 Å². The number of likely N-dealkylation sites (N-methyl/N-ethyl adjacent to an activating group) is 1. The van der Waals surface area contributed by atoms with Crippen molar-refractivity contribution in [3.8, 4) is 0 Å². The number of carbonyl (C=O) groups is 1. The van der Waals surface area contributed by atoms with Gasteiger partial charge in [0.05, 0.1) is 12.6 Å². The summed E-state index contributed by atoms with van der Waals surface area (Å²) in [5.41, 5.74) is 1.01. The lowest BCUT2D eigenvalue weighted by Crippen LogP contribution is -2.33. The lowest BCUT2D eigenvalue weighted by molar-refractivity contribution is -0.120. The highest BCUT2D eigenvalue weighted by Gasteiger charge is 2.08. The molecule has 0 saturated carbocycles. The van der Waals surface area contributed by atoms with Crippen LogP contribution in [-0.2, 0) is 4.79 Å². The van der Waals surface area contributed by atoms with E-state index in [0.29, 0.717) is 11.6 Å². The number of carbonyl (C=O) groups excluding carboxylic acids is 1. The van der Waals surface area contributed by atoms with Crippen molar-refractivity contribution >= 4 is 29.9 Å². The molecule has 0 aromatic heterocycles. The van der Waals surface area contributed by atoms with E-state index in [1.54, 1.807) is 7.05 Å². The first-order chi connectivity index (χ1) is 7.13. The Morgan fingerprint density at radius 3 is 2.75 bits per heavy atom. The Balaban J connectivity index is 0.00000225. The van der Waals surface area contributed by atoms with E-state index in [-0.39, 0.29) is 24.4 Å². The largest absolute Gasteiger partial charge is 0.348 e. The molecule has 1 atom stereocenters. The maximum Gasteiger partial charge on any atom is 0.234 e. The van der Waals surface area contributed by atoms with Crippen molar-refractivity contribution in [3.63, 3.8) is 0 Å². The summed E-state index contributed by atoms with van der Waals surface area (Å²) in [6, 6.07) is 7.46. The third-order valence-corrected chi connectivity index (χ3v) is 2.30. The molecule has 1 aromatic rings. The van der Waals surface area contributed by atoms with E-state index < -0.39 is 0 Å². The Kier molecular flexibility index (Phi) is 7.13. The van der Waals surface area contributed by atoms with Gasteiger partial charge in [0.2, 0.25) is 5.91 Å². The Bertz CT molecular complexity index is 345. The summed E-state index contributed by atoms with van der Waals surface area (Å²) in [5.74, 6) is -0.0232. The highest BCUT2D eigenvalue weighted by Crippen LogP contribution is 2.16. The highest BCUT2D eigenvalue weighted by molar-refractivity contribution is 6.30. The van der Waals surface area contributed by atoms with E-state index in [1.165, 1.54) is 0 Å². The van der Waals surface area contributed by atoms with Crippen molar-refractivity contribution in [1.29, 1.82) is 0 Å². The van der Waals surface area contributed by atoms with Gasteiger partial charge in [-0.2, -0.15) is 0 Å². The Morgan fingerprint density at radius 1 is 1.50 bits per heavy atom. The van der Waals surface area contributed by atoms with Crippen LogP contribution in [0, 0.1) is 0 Å². The van der Waals surface area contributed by atoms with Crippen LogP contribution in [0.5, 0.6) is 0 Å². The lowest BCUT2D eigenvalue weighted by atomic mass is 10.1. The second-order valence-electron chi connectivity index (χ2n) is 3.37. The predicted octanol–water partition coefficient (Wildman–Crippen LogP) is 2.16. The van der Waals surface area contributed by atoms with Crippen molar-refractivity contribution in [3.05, 3.63) is 34.9 Å². The fraction of sp³-hybridized carbons (Fsp3) is 0.364. The van der Waals surface area contributed by atoms with E-state index in [1.807, 2.05) is 31.2 Å². The van der Waals surface area contributed by atoms with Crippen molar-refractivity contribution < 1.29 is 4.79 Å². The first-order valence-electron chi connectivity index (χ1n) is 4.83. The van der Waals surface area contributed by atoms with Gasteiger partial charge in [-0.25, -0.2) is 0 Å². The molecular weight excluding hydrogens is 247 g/mol. The van der Waals surface area contributed by atoms with Gasteiger partial charge in [0, 0.05) is 5.02 Å². The summed E-state index contributed by atoms with van der Waals surface area (Å²) in [5, 5.41) is 6.34. The number of hydrogen-bond acceptors (Lipinski definition) is 2. The second-order valence-corrected chi connectivity index (χ2v) is 3.81. The highest BCUT2D eigenvalue weighted by atomic mass is 35.5. The normalized spacial score (nSPS) is 11.4. The molecule has 90 valence electrons. The fourth-order valence-electron chi connectivity index (χ4n) is 1.31. The van der Waals surface area contributed by atoms with Crippen LogP contribution in [0.4, 0.5) is 0 Å². The maximum atomic E-state index is 11.3. The van der Waals surface area contributed by atoms with E-state index >= 15 is 0 Å². The van der Waals surface area contributed by atoms with Crippen molar-refractivity contribution in [2.45, 2.75) is 13.0 Å². The molecule has 3 nitrogen and oxygen atoms in total. The molecule has 0 heterocycles. The minimum atomic E-state index is -0.0236. The number of hydrogen-bond donors (Lipinski definition) is 2. The minimum Gasteiger partial charge on any atom is -0.348 e. The van der Waals surface area contributed by atoms with Crippen LogP contribution in [0.1, 0.15) is 18.5 Å². The zero-order chi connectivity index (χ0) is 11.3. The molecule has 0 saturated heterocycles. The SMILES string of the molecule is CNCC(=O)NC(C)c1cccc(Cl)c1.Cl. The monoisotopic (exact) mass is 262 g/mol. The average Bonchev–Trinajstić information content (AvgIpc) is 2.18. The molecule has 1 rings (SSSR count). The molecule has 0 aliphatic rings. The van der Waals surface area contributed by atoms with E-state index in [0.717, 1.165) is 5.56 Å². The molecule has 16 heavy (non-hydrogen) atoms. The molecule has 0 aliphatic heterocycles. The van der Waals surface area contributed by atoms with Crippen LogP contribution >= 0.6 is 24.0 Å². The Labute approximate surface area is 107 Å². The van der Waals surface area contributed by atoms with Crippen molar-refractivity contribution in [2.75, 3.05) is 13.6 Å². The van der Waals surface area contributed by atoms with Crippen LogP contribution in [0.3, 0.4) is 0 Å². The van der Waals surface area contributed by atoms with Crippen LogP contribution in [0.2, 0.25) is 5.02 Å². The zero-order valence-electron chi connectivity index (χ0n) is 9.29. The van der Waals surface area contributed by atoms with Gasteiger partial charge in [0.15, 0.2) is 0 Å². The van der Waals surface area contributed by atoms with Crippen molar-refractivity contribution in [1.82, 2.24) is 10.6 Å². The van der Waals surface area contributed by atoms with Gasteiger partial charge in [0.1, 0.15) is 0 Å². The fourth-order valence-corrected chi connectivity index (χ4v) is 1.51. The molecule has 1 unspecified atom stereocenters. The molecule has 0 aliphatic carbocycles. The van der Waals surface area contributed by atoms with Gasteiger partial charge in [0.25, 0.3) is 0 Å². The van der Waals surface area contributed by atoms with Crippen LogP contribution in [0.25, 0.3) is 0 Å². The maximum absolute atomic E-state index is 11.3. The van der Waals surface area contributed by atoms with E-state index in [4.69, 9.17) is 11.6 Å². The molecule has 1 amide bonds. The number of halogens is 2. The molecule has 0 fully saturated rings. The van der Waals surface area contributed by atoms with E-state index in [2.05, 4.69) is 10.6 Å². The number of rotatable bonds is 4. The van der Waals surface area contributed by atoms with Gasteiger partial charge in [-0.3, -0.25) is 4.79 Å². The smallest absolute Gasteiger partial charge is 0.234 e. The summed E-state index contributed by atoms with van der Waals surface area (Å²) in [6.07, 6.45) is 0. The molecule has 5 heteroatoms. The van der Waals surface area contributed by atoms with Crippen LogP contribution < -0.4 is 10.6 Å². The molecular formula is C11H16Cl2N2O. The summed E-state index contributed by atoms with van der Waals surface area (Å²) in [4.78, 5) is 11.3. The number of nitrogens with one attached hydrogen (secondary N) is 2. The van der Waals surface area contributed by atoms with Crippen LogP contribution in [0.15, 0.2) is 24.3 Å². The van der Waals surface area contributed by atoms with E-state index in [9.17, 15) is 4.79 Å². The standard InChI is InChI=1S/C11H15ClN2O.ClH/c1-8(14-11(15)7-13-2)9-4-3-5-10(12)6-9;/h3-6,8,13H,7H2,1-2H3,(H,14,15);1H. The predicted molar refractivity (Wildman–Crippen MR) is 69.2 cm³/mol. The quantitative estimate of drug-likeness (QED) is 0.874. The first kappa shape index (κ1) is 15.2. The molecule has 0 radical (unpaired) electrons.